The average molecular weight is 556 g/mol. The molecule has 0 unspecified atom stereocenters. The molecule has 3 atom stereocenters. The van der Waals surface area contributed by atoms with Crippen molar-refractivity contribution in [3.8, 4) is 11.4 Å². The van der Waals surface area contributed by atoms with E-state index < -0.39 is 11.5 Å². The second kappa shape index (κ2) is 11.5. The summed E-state index contributed by atoms with van der Waals surface area (Å²) >= 11 is 0. The van der Waals surface area contributed by atoms with E-state index in [1.54, 1.807) is 18.2 Å². The number of anilines is 1. The normalized spacial score (nSPS) is 25.3. The molecule has 3 aliphatic heterocycles. The van der Waals surface area contributed by atoms with Crippen molar-refractivity contribution in [3.05, 3.63) is 40.3 Å². The molecule has 3 aliphatic rings. The monoisotopic (exact) mass is 555 g/mol. The smallest absolute Gasteiger partial charge is 0.368 e. The van der Waals surface area contributed by atoms with Crippen LogP contribution >= 0.6 is 0 Å². The van der Waals surface area contributed by atoms with Gasteiger partial charge in [0.1, 0.15) is 23.4 Å². The summed E-state index contributed by atoms with van der Waals surface area (Å²) in [6.45, 7) is 11.7. The predicted molar refractivity (Wildman–Crippen MR) is 151 cm³/mol. The molecule has 0 amide bonds. The van der Waals surface area contributed by atoms with Gasteiger partial charge in [-0.25, -0.2) is 14.2 Å². The van der Waals surface area contributed by atoms with E-state index in [2.05, 4.69) is 56.5 Å². The number of fused-ring (bicyclic) bond motifs is 1. The molecule has 2 aromatic rings. The number of halogens is 1. The molecule has 12 nitrogen and oxygen atoms in total. The zero-order chi connectivity index (χ0) is 28.4. The van der Waals surface area contributed by atoms with Crippen molar-refractivity contribution in [2.24, 2.45) is 17.0 Å². The van der Waals surface area contributed by atoms with Crippen molar-refractivity contribution in [3.63, 3.8) is 0 Å². The van der Waals surface area contributed by atoms with Crippen LogP contribution < -0.4 is 21.1 Å². The minimum atomic E-state index is -0.441. The van der Waals surface area contributed by atoms with E-state index >= 15 is 0 Å². The molecule has 0 saturated carbocycles. The van der Waals surface area contributed by atoms with Crippen molar-refractivity contribution >= 4 is 18.4 Å². The minimum Gasteiger partial charge on any atom is -0.486 e. The van der Waals surface area contributed by atoms with E-state index in [0.29, 0.717) is 36.4 Å². The second-order valence-corrected chi connectivity index (χ2v) is 11.3. The molecule has 0 radical (unpaired) electrons. The van der Waals surface area contributed by atoms with E-state index in [-0.39, 0.29) is 29.5 Å². The van der Waals surface area contributed by atoms with Gasteiger partial charge in [-0.15, -0.1) is 0 Å². The standard InChI is InChI=1S/C27H38FN9O3/c1-17(28)24(30-19-13-20-7-6-11-36(20)27(2,3)15-19)32-25(29-4)31-18-8-9-23(40-21-10-12-39-16-21)22(14-18)37-26(38)35(5)33-34-37/h8-9,14,19-21,30H,4,6-7,10-13,15-16H2,1-3,5H3,(H,31,32)/b24-17+/t19-,20+,21+/m1/s1. The van der Waals surface area contributed by atoms with Gasteiger partial charge in [-0.05, 0) is 88.3 Å². The summed E-state index contributed by atoms with van der Waals surface area (Å²) in [5.74, 6) is 0.237. The van der Waals surface area contributed by atoms with Crippen LogP contribution in [0.3, 0.4) is 0 Å². The van der Waals surface area contributed by atoms with Crippen molar-refractivity contribution < 1.29 is 13.9 Å². The molecule has 4 heterocycles. The zero-order valence-electron chi connectivity index (χ0n) is 23.6. The molecule has 3 fully saturated rings. The van der Waals surface area contributed by atoms with Crippen molar-refractivity contribution in [2.75, 3.05) is 25.1 Å². The quantitative estimate of drug-likeness (QED) is 0.395. The minimum absolute atomic E-state index is 0.0249. The van der Waals surface area contributed by atoms with Gasteiger partial charge in [0.25, 0.3) is 0 Å². The molecule has 0 spiro atoms. The number of nitrogens with zero attached hydrogens (tertiary/aromatic N) is 7. The summed E-state index contributed by atoms with van der Waals surface area (Å²) in [5, 5.41) is 14.2. The van der Waals surface area contributed by atoms with E-state index in [0.717, 1.165) is 41.6 Å². The lowest BCUT2D eigenvalue weighted by Gasteiger charge is -2.48. The number of hydrogen-bond donors (Lipinski definition) is 2. The third-order valence-electron chi connectivity index (χ3n) is 7.84. The number of rotatable bonds is 7. The largest absolute Gasteiger partial charge is 0.486 e. The maximum absolute atomic E-state index is 14.7. The summed E-state index contributed by atoms with van der Waals surface area (Å²) in [5.41, 5.74) is 0.514. The van der Waals surface area contributed by atoms with Crippen molar-refractivity contribution in [1.82, 2.24) is 30.0 Å². The van der Waals surface area contributed by atoms with Crippen LogP contribution in [0.4, 0.5) is 10.1 Å². The molecule has 3 saturated heterocycles. The number of piperidine rings is 1. The molecular formula is C27H38FN9O3. The Hall–Kier alpha value is -3.58. The third-order valence-corrected chi connectivity index (χ3v) is 7.84. The van der Waals surface area contributed by atoms with Gasteiger partial charge in [0.15, 0.2) is 5.82 Å². The number of allylic oxidation sites excluding steroid dienone is 1. The first-order chi connectivity index (χ1) is 19.1. The van der Waals surface area contributed by atoms with Gasteiger partial charge in [0, 0.05) is 36.8 Å². The number of tetrazole rings is 1. The Kier molecular flexibility index (Phi) is 8.04. The summed E-state index contributed by atoms with van der Waals surface area (Å²) in [7, 11) is 1.52. The lowest BCUT2D eigenvalue weighted by atomic mass is 9.84. The number of aliphatic imine (C=N–C) groups is 2. The lowest BCUT2D eigenvalue weighted by molar-refractivity contribution is 0.0398. The maximum Gasteiger partial charge on any atom is 0.368 e. The van der Waals surface area contributed by atoms with Crippen LogP contribution in [0.1, 0.15) is 52.9 Å². The highest BCUT2D eigenvalue weighted by Gasteiger charge is 2.43. The van der Waals surface area contributed by atoms with Crippen molar-refractivity contribution in [1.29, 1.82) is 0 Å². The molecule has 0 aliphatic carbocycles. The highest BCUT2D eigenvalue weighted by atomic mass is 19.1. The number of ether oxygens (including phenoxy) is 2. The van der Waals surface area contributed by atoms with Crippen LogP contribution in [0.5, 0.6) is 5.75 Å². The summed E-state index contributed by atoms with van der Waals surface area (Å²) in [6, 6.07) is 5.73. The van der Waals surface area contributed by atoms with Crippen LogP contribution in [0.2, 0.25) is 0 Å². The Morgan fingerprint density at radius 1 is 1.30 bits per heavy atom. The van der Waals surface area contributed by atoms with Crippen LogP contribution in [-0.2, 0) is 11.8 Å². The summed E-state index contributed by atoms with van der Waals surface area (Å²) < 4.78 is 28.5. The van der Waals surface area contributed by atoms with Crippen LogP contribution in [-0.4, -0.2) is 80.9 Å². The van der Waals surface area contributed by atoms with E-state index in [1.165, 1.54) is 20.4 Å². The molecule has 2 N–H and O–H groups in total. The summed E-state index contributed by atoms with van der Waals surface area (Å²) in [4.78, 5) is 23.7. The SMILES string of the molecule is C=NC(=N/C(N[C@@H]1C[C@@H]2CCCN2C(C)(C)C1)=C(\C)F)Nc1ccc(O[C@H]2CCOC2)c(-n2nnn(C)c2=O)c1. The Morgan fingerprint density at radius 3 is 2.80 bits per heavy atom. The van der Waals surface area contributed by atoms with E-state index in [4.69, 9.17) is 9.47 Å². The highest BCUT2D eigenvalue weighted by Crippen LogP contribution is 2.38. The van der Waals surface area contributed by atoms with E-state index in [1.807, 2.05) is 0 Å². The molecular weight excluding hydrogens is 517 g/mol. The first kappa shape index (κ1) is 28.0. The zero-order valence-corrected chi connectivity index (χ0v) is 23.6. The van der Waals surface area contributed by atoms with Gasteiger partial charge < -0.3 is 20.1 Å². The highest BCUT2D eigenvalue weighted by molar-refractivity contribution is 5.97. The fourth-order valence-corrected chi connectivity index (χ4v) is 5.97. The third kappa shape index (κ3) is 5.94. The lowest BCUT2D eigenvalue weighted by Crippen LogP contribution is -2.56. The summed E-state index contributed by atoms with van der Waals surface area (Å²) in [6.07, 6.45) is 4.77. The topological polar surface area (TPSA) is 123 Å². The van der Waals surface area contributed by atoms with Gasteiger partial charge in [-0.3, -0.25) is 4.90 Å². The number of aryl methyl sites for hydroxylation is 1. The maximum atomic E-state index is 14.7. The predicted octanol–water partition coefficient (Wildman–Crippen LogP) is 2.76. The van der Waals surface area contributed by atoms with E-state index in [9.17, 15) is 9.18 Å². The molecule has 1 aromatic heterocycles. The Labute approximate surface area is 232 Å². The molecule has 40 heavy (non-hydrogen) atoms. The fourth-order valence-electron chi connectivity index (χ4n) is 5.97. The molecule has 1 aromatic carbocycles. The Balaban J connectivity index is 1.38. The van der Waals surface area contributed by atoms with Crippen LogP contribution in [0.25, 0.3) is 5.69 Å². The van der Waals surface area contributed by atoms with Gasteiger partial charge >= 0.3 is 5.69 Å². The Morgan fingerprint density at radius 2 is 2.12 bits per heavy atom. The fraction of sp³-hybridized carbons (Fsp3) is 0.593. The number of nitrogens with one attached hydrogen (secondary N) is 2. The number of benzene rings is 1. The van der Waals surface area contributed by atoms with Gasteiger partial charge in [-0.2, -0.15) is 14.4 Å². The average Bonchev–Trinajstić information content (AvgIpc) is 3.67. The number of hydrogen-bond acceptors (Lipinski definition) is 8. The number of aromatic nitrogens is 4. The van der Waals surface area contributed by atoms with Crippen molar-refractivity contribution in [2.45, 2.75) is 76.6 Å². The first-order valence-electron chi connectivity index (χ1n) is 13.7. The molecule has 5 rings (SSSR count). The second-order valence-electron chi connectivity index (χ2n) is 11.3. The molecule has 13 heteroatoms. The van der Waals surface area contributed by atoms with Crippen LogP contribution in [0.15, 0.2) is 44.6 Å². The molecule has 216 valence electrons. The first-order valence-corrected chi connectivity index (χ1v) is 13.7. The van der Waals surface area contributed by atoms with Gasteiger partial charge in [-0.1, -0.05) is 0 Å². The van der Waals surface area contributed by atoms with Gasteiger partial charge in [0.2, 0.25) is 5.96 Å². The van der Waals surface area contributed by atoms with Crippen LogP contribution in [0, 0.1) is 0 Å². The number of guanidine groups is 1. The Bertz CT molecular complexity index is 1360. The molecule has 0 bridgehead atoms. The van der Waals surface area contributed by atoms with Gasteiger partial charge in [0.05, 0.1) is 13.2 Å².